The van der Waals surface area contributed by atoms with Crippen LogP contribution in [0.25, 0.3) is 0 Å². The number of nitrogens with zero attached hydrogens (tertiary/aromatic N) is 2. The zero-order chi connectivity index (χ0) is 24.5. The van der Waals surface area contributed by atoms with Gasteiger partial charge < -0.3 is 25.0 Å². The molecule has 35 heavy (non-hydrogen) atoms. The van der Waals surface area contributed by atoms with Crippen LogP contribution in [0.4, 0.5) is 10.5 Å². The molecule has 0 aromatic heterocycles. The van der Waals surface area contributed by atoms with Crippen molar-refractivity contribution in [3.05, 3.63) is 53.6 Å². The number of Topliss-reactive ketones (excluding diaryl/α,β-unsaturated/α-hetero) is 1. The third kappa shape index (κ3) is 4.57. The fraction of sp³-hybridized carbons (Fsp3) is 0.360. The van der Waals surface area contributed by atoms with E-state index in [4.69, 9.17) is 9.47 Å². The number of hydrogen-bond donors (Lipinski definition) is 2. The molecule has 0 spiro atoms. The Kier molecular flexibility index (Phi) is 6.12. The number of carbonyl (C=O) groups excluding carboxylic acids is 4. The maximum Gasteiger partial charge on any atom is 0.327 e. The van der Waals surface area contributed by atoms with Crippen molar-refractivity contribution in [1.29, 1.82) is 0 Å². The highest BCUT2D eigenvalue weighted by Crippen LogP contribution is 2.33. The number of ether oxygens (including phenoxy) is 2. The molecule has 2 unspecified atom stereocenters. The van der Waals surface area contributed by atoms with Crippen molar-refractivity contribution in [3.63, 3.8) is 0 Å². The standard InChI is InChI=1S/C25H26N4O6/c1-15(30)17-5-7-18(8-6-17)27-22(31)13-28-19-3-2-10-26-23(19)24(32)29(25(28)33)12-16-4-9-20-21(11-16)35-14-34-20/h4-9,11,19,23,26H,2-3,10,12-14H2,1H3,(H,27,31). The Bertz CT molecular complexity index is 1180. The van der Waals surface area contributed by atoms with Gasteiger partial charge in [0.1, 0.15) is 12.6 Å². The van der Waals surface area contributed by atoms with Crippen molar-refractivity contribution >= 4 is 29.3 Å². The molecule has 4 amide bonds. The fourth-order valence-corrected chi connectivity index (χ4v) is 4.71. The molecule has 0 aliphatic carbocycles. The summed E-state index contributed by atoms with van der Waals surface area (Å²) in [7, 11) is 0. The first-order valence-electron chi connectivity index (χ1n) is 11.6. The molecule has 0 radical (unpaired) electrons. The topological polar surface area (TPSA) is 117 Å². The average molecular weight is 479 g/mol. The first kappa shape index (κ1) is 22.9. The number of carbonyl (C=O) groups is 4. The number of fused-ring (bicyclic) bond motifs is 2. The van der Waals surface area contributed by atoms with Crippen LogP contribution < -0.4 is 20.1 Å². The van der Waals surface area contributed by atoms with Gasteiger partial charge in [-0.25, -0.2) is 4.79 Å². The minimum Gasteiger partial charge on any atom is -0.454 e. The van der Waals surface area contributed by atoms with Crippen molar-refractivity contribution in [3.8, 4) is 11.5 Å². The molecule has 3 heterocycles. The zero-order valence-corrected chi connectivity index (χ0v) is 19.3. The molecular formula is C25H26N4O6. The lowest BCUT2D eigenvalue weighted by Gasteiger charge is -2.46. The van der Waals surface area contributed by atoms with Gasteiger partial charge >= 0.3 is 6.03 Å². The Morgan fingerprint density at radius 2 is 1.86 bits per heavy atom. The van der Waals surface area contributed by atoms with Crippen LogP contribution >= 0.6 is 0 Å². The van der Waals surface area contributed by atoms with E-state index in [-0.39, 0.29) is 37.5 Å². The molecule has 182 valence electrons. The molecular weight excluding hydrogens is 452 g/mol. The summed E-state index contributed by atoms with van der Waals surface area (Å²) < 4.78 is 10.7. The van der Waals surface area contributed by atoms with Crippen LogP contribution in [-0.4, -0.2) is 65.4 Å². The van der Waals surface area contributed by atoms with Gasteiger partial charge in [0.25, 0.3) is 0 Å². The van der Waals surface area contributed by atoms with Gasteiger partial charge in [0, 0.05) is 11.3 Å². The number of imide groups is 1. The van der Waals surface area contributed by atoms with E-state index in [0.29, 0.717) is 35.7 Å². The highest BCUT2D eigenvalue weighted by molar-refractivity contribution is 6.03. The van der Waals surface area contributed by atoms with Crippen molar-refractivity contribution in [1.82, 2.24) is 15.1 Å². The molecule has 2 aromatic carbocycles. The molecule has 2 N–H and O–H groups in total. The number of urea groups is 1. The summed E-state index contributed by atoms with van der Waals surface area (Å²) in [6.45, 7) is 2.14. The lowest BCUT2D eigenvalue weighted by molar-refractivity contribution is -0.138. The molecule has 10 nitrogen and oxygen atoms in total. The van der Waals surface area contributed by atoms with Crippen LogP contribution in [0.2, 0.25) is 0 Å². The lowest BCUT2D eigenvalue weighted by atomic mass is 9.93. The Labute approximate surface area is 202 Å². The van der Waals surface area contributed by atoms with E-state index in [1.807, 2.05) is 0 Å². The number of anilines is 1. The van der Waals surface area contributed by atoms with E-state index in [0.717, 1.165) is 12.0 Å². The van der Waals surface area contributed by atoms with Gasteiger partial charge in [0.05, 0.1) is 12.6 Å². The summed E-state index contributed by atoms with van der Waals surface area (Å²) in [5, 5.41) is 6.00. The van der Waals surface area contributed by atoms with Crippen LogP contribution in [0.5, 0.6) is 11.5 Å². The molecule has 2 saturated heterocycles. The van der Waals surface area contributed by atoms with Gasteiger partial charge in [0.2, 0.25) is 18.6 Å². The highest BCUT2D eigenvalue weighted by atomic mass is 16.7. The van der Waals surface area contributed by atoms with Crippen molar-refractivity contribution in [2.45, 2.75) is 38.4 Å². The summed E-state index contributed by atoms with van der Waals surface area (Å²) in [6.07, 6.45) is 1.43. The summed E-state index contributed by atoms with van der Waals surface area (Å²) in [5.41, 5.74) is 1.79. The maximum absolute atomic E-state index is 13.5. The third-order valence-corrected chi connectivity index (χ3v) is 6.50. The minimum atomic E-state index is -0.571. The van der Waals surface area contributed by atoms with Crippen molar-refractivity contribution in [2.75, 3.05) is 25.2 Å². The first-order valence-corrected chi connectivity index (χ1v) is 11.6. The number of rotatable bonds is 6. The minimum absolute atomic E-state index is 0.0594. The predicted molar refractivity (Wildman–Crippen MR) is 125 cm³/mol. The zero-order valence-electron chi connectivity index (χ0n) is 19.3. The molecule has 10 heteroatoms. The summed E-state index contributed by atoms with van der Waals surface area (Å²) in [6, 6.07) is 10.4. The van der Waals surface area contributed by atoms with Gasteiger partial charge in [-0.2, -0.15) is 0 Å². The Morgan fingerprint density at radius 1 is 1.09 bits per heavy atom. The van der Waals surface area contributed by atoms with Crippen LogP contribution in [0.3, 0.4) is 0 Å². The predicted octanol–water partition coefficient (Wildman–Crippen LogP) is 2.14. The van der Waals surface area contributed by atoms with Crippen LogP contribution in [0.15, 0.2) is 42.5 Å². The van der Waals surface area contributed by atoms with E-state index < -0.39 is 18.1 Å². The molecule has 3 aliphatic rings. The molecule has 2 aromatic rings. The SMILES string of the molecule is CC(=O)c1ccc(NC(=O)CN2C(=O)N(Cc3ccc4c(c3)OCO4)C(=O)C3NCCCC32)cc1. The smallest absolute Gasteiger partial charge is 0.327 e. The second-order valence-corrected chi connectivity index (χ2v) is 8.85. The summed E-state index contributed by atoms with van der Waals surface area (Å²) in [4.78, 5) is 53.7. The Morgan fingerprint density at radius 3 is 2.63 bits per heavy atom. The second kappa shape index (κ2) is 9.38. The van der Waals surface area contributed by atoms with Gasteiger partial charge in [-0.1, -0.05) is 6.07 Å². The normalized spacial score (nSPS) is 21.1. The van der Waals surface area contributed by atoms with E-state index in [2.05, 4.69) is 10.6 Å². The number of hydrogen-bond acceptors (Lipinski definition) is 7. The first-order chi connectivity index (χ1) is 16.9. The highest BCUT2D eigenvalue weighted by Gasteiger charge is 2.47. The quantitative estimate of drug-likeness (QED) is 0.611. The van der Waals surface area contributed by atoms with Crippen LogP contribution in [-0.2, 0) is 16.1 Å². The van der Waals surface area contributed by atoms with Crippen molar-refractivity contribution < 1.29 is 28.7 Å². The van der Waals surface area contributed by atoms with E-state index in [1.54, 1.807) is 42.5 Å². The lowest BCUT2D eigenvalue weighted by Crippen LogP contribution is -2.70. The van der Waals surface area contributed by atoms with E-state index in [9.17, 15) is 19.2 Å². The van der Waals surface area contributed by atoms with Crippen LogP contribution in [0.1, 0.15) is 35.7 Å². The number of ketones is 1. The van der Waals surface area contributed by atoms with Gasteiger partial charge in [-0.15, -0.1) is 0 Å². The molecule has 5 rings (SSSR count). The largest absolute Gasteiger partial charge is 0.454 e. The molecule has 0 saturated carbocycles. The summed E-state index contributed by atoms with van der Waals surface area (Å²) >= 11 is 0. The molecule has 0 bridgehead atoms. The number of nitrogens with one attached hydrogen (secondary N) is 2. The van der Waals surface area contributed by atoms with E-state index >= 15 is 0 Å². The van der Waals surface area contributed by atoms with Crippen LogP contribution in [0, 0.1) is 0 Å². The monoisotopic (exact) mass is 478 g/mol. The van der Waals surface area contributed by atoms with Crippen molar-refractivity contribution in [2.24, 2.45) is 0 Å². The molecule has 2 fully saturated rings. The van der Waals surface area contributed by atoms with Gasteiger partial charge in [0.15, 0.2) is 17.3 Å². The van der Waals surface area contributed by atoms with Gasteiger partial charge in [-0.05, 0) is 68.3 Å². The molecule has 3 aliphatic heterocycles. The number of benzene rings is 2. The van der Waals surface area contributed by atoms with E-state index in [1.165, 1.54) is 16.7 Å². The second-order valence-electron chi connectivity index (χ2n) is 8.85. The third-order valence-electron chi connectivity index (χ3n) is 6.50. The Hall–Kier alpha value is -3.92. The fourth-order valence-electron chi connectivity index (χ4n) is 4.71. The molecule has 2 atom stereocenters. The number of piperidine rings is 1. The maximum atomic E-state index is 13.5. The average Bonchev–Trinajstić information content (AvgIpc) is 3.33. The Balaban J connectivity index is 1.33. The van der Waals surface area contributed by atoms with Gasteiger partial charge in [-0.3, -0.25) is 19.3 Å². The summed E-state index contributed by atoms with van der Waals surface area (Å²) in [5.74, 6) is 0.447. The number of amides is 4.